The van der Waals surface area contributed by atoms with Gasteiger partial charge in [-0.05, 0) is 42.7 Å². The molecule has 3 heterocycles. The average Bonchev–Trinajstić information content (AvgIpc) is 3.43. The summed E-state index contributed by atoms with van der Waals surface area (Å²) in [5.74, 6) is 1.69. The van der Waals surface area contributed by atoms with Crippen LogP contribution in [0.4, 0.5) is 11.8 Å². The number of hydrogen-bond acceptors (Lipinski definition) is 8. The predicted molar refractivity (Wildman–Crippen MR) is 112 cm³/mol. The fourth-order valence-electron chi connectivity index (χ4n) is 3.16. The van der Waals surface area contributed by atoms with E-state index >= 15 is 0 Å². The van der Waals surface area contributed by atoms with Crippen molar-refractivity contribution in [2.75, 3.05) is 31.3 Å². The lowest BCUT2D eigenvalue weighted by Crippen LogP contribution is -2.21. The molecule has 30 heavy (non-hydrogen) atoms. The second-order valence-electron chi connectivity index (χ2n) is 6.87. The highest BCUT2D eigenvalue weighted by molar-refractivity contribution is 5.89. The third-order valence-electron chi connectivity index (χ3n) is 4.80. The first-order valence-electron chi connectivity index (χ1n) is 9.50. The van der Waals surface area contributed by atoms with E-state index in [0.717, 1.165) is 30.8 Å². The summed E-state index contributed by atoms with van der Waals surface area (Å²) >= 11 is 0. The molecule has 0 bridgehead atoms. The molecule has 0 aliphatic heterocycles. The Hall–Kier alpha value is -3.88. The zero-order chi connectivity index (χ0) is 21.1. The summed E-state index contributed by atoms with van der Waals surface area (Å²) in [4.78, 5) is 22.5. The van der Waals surface area contributed by atoms with Gasteiger partial charge in [-0.25, -0.2) is 9.78 Å². The van der Waals surface area contributed by atoms with E-state index in [1.807, 2.05) is 30.1 Å². The van der Waals surface area contributed by atoms with Gasteiger partial charge in [0.1, 0.15) is 5.82 Å². The summed E-state index contributed by atoms with van der Waals surface area (Å²) < 4.78 is 11.6. The third-order valence-corrected chi connectivity index (χ3v) is 4.80. The minimum atomic E-state index is -0.330. The highest BCUT2D eigenvalue weighted by Crippen LogP contribution is 2.21. The molecule has 0 saturated heterocycles. The number of hydrogen-bond donors (Lipinski definition) is 1. The first kappa shape index (κ1) is 19.4. The topological polar surface area (TPSA) is 112 Å². The predicted octanol–water partition coefficient (Wildman–Crippen LogP) is 2.82. The van der Waals surface area contributed by atoms with E-state index in [4.69, 9.17) is 14.9 Å². The first-order chi connectivity index (χ1) is 14.5. The number of carbonyl (C=O) groups excluding carboxylic acids is 1. The lowest BCUT2D eigenvalue weighted by molar-refractivity contribution is 0.0600. The van der Waals surface area contributed by atoms with Gasteiger partial charge in [0.15, 0.2) is 11.4 Å². The van der Waals surface area contributed by atoms with Crippen molar-refractivity contribution in [1.29, 1.82) is 0 Å². The monoisotopic (exact) mass is 406 g/mol. The zero-order valence-electron chi connectivity index (χ0n) is 16.8. The maximum Gasteiger partial charge on any atom is 0.337 e. The Morgan fingerprint density at radius 3 is 2.73 bits per heavy atom. The largest absolute Gasteiger partial charge is 0.465 e. The Morgan fingerprint density at radius 2 is 2.03 bits per heavy atom. The number of nitrogens with zero attached hydrogens (tertiary/aromatic N) is 5. The highest BCUT2D eigenvalue weighted by atomic mass is 16.5. The molecule has 0 aliphatic rings. The normalized spacial score (nSPS) is 11.0. The molecule has 0 amide bonds. The molecule has 2 N–H and O–H groups in total. The van der Waals surface area contributed by atoms with Crippen LogP contribution in [-0.4, -0.2) is 46.3 Å². The molecule has 0 unspecified atom stereocenters. The van der Waals surface area contributed by atoms with Gasteiger partial charge in [0.05, 0.1) is 18.9 Å². The van der Waals surface area contributed by atoms with Gasteiger partial charge in [-0.3, -0.25) is 0 Å². The third kappa shape index (κ3) is 3.95. The van der Waals surface area contributed by atoms with Gasteiger partial charge in [-0.15, -0.1) is 5.10 Å². The van der Waals surface area contributed by atoms with Crippen molar-refractivity contribution < 1.29 is 13.9 Å². The number of fused-ring (bicyclic) bond motifs is 1. The van der Waals surface area contributed by atoms with Crippen molar-refractivity contribution >= 4 is 23.4 Å². The molecule has 9 nitrogen and oxygen atoms in total. The minimum absolute atomic E-state index is 0.262. The molecular weight excluding hydrogens is 384 g/mol. The molecule has 0 aliphatic carbocycles. The van der Waals surface area contributed by atoms with Crippen LogP contribution < -0.4 is 10.6 Å². The van der Waals surface area contributed by atoms with Crippen LogP contribution in [0.25, 0.3) is 17.2 Å². The number of nitrogens with two attached hydrogens (primary N) is 1. The fourth-order valence-corrected chi connectivity index (χ4v) is 3.16. The average molecular weight is 406 g/mol. The van der Waals surface area contributed by atoms with Crippen molar-refractivity contribution in [3.05, 3.63) is 59.9 Å². The number of methoxy groups -OCH3 is 1. The summed E-state index contributed by atoms with van der Waals surface area (Å²) in [6.07, 6.45) is 3.35. The minimum Gasteiger partial charge on any atom is -0.465 e. The van der Waals surface area contributed by atoms with Crippen LogP contribution in [0, 0.1) is 0 Å². The van der Waals surface area contributed by atoms with Crippen molar-refractivity contribution in [3.8, 4) is 11.6 Å². The van der Waals surface area contributed by atoms with E-state index in [-0.39, 0.29) is 11.9 Å². The van der Waals surface area contributed by atoms with Crippen LogP contribution in [0.5, 0.6) is 0 Å². The molecule has 0 spiro atoms. The zero-order valence-corrected chi connectivity index (χ0v) is 16.8. The molecule has 0 fully saturated rings. The Labute approximate surface area is 173 Å². The van der Waals surface area contributed by atoms with Gasteiger partial charge in [0, 0.05) is 19.7 Å². The molecule has 4 rings (SSSR count). The van der Waals surface area contributed by atoms with E-state index in [9.17, 15) is 4.79 Å². The molecule has 154 valence electrons. The van der Waals surface area contributed by atoms with Crippen LogP contribution in [-0.2, 0) is 11.2 Å². The Morgan fingerprint density at radius 1 is 1.23 bits per heavy atom. The second kappa shape index (κ2) is 8.24. The molecule has 3 aromatic heterocycles. The van der Waals surface area contributed by atoms with Gasteiger partial charge >= 0.3 is 5.97 Å². The number of benzene rings is 1. The van der Waals surface area contributed by atoms with Crippen molar-refractivity contribution in [2.24, 2.45) is 0 Å². The van der Waals surface area contributed by atoms with Crippen LogP contribution in [0.15, 0.2) is 53.1 Å². The summed E-state index contributed by atoms with van der Waals surface area (Å²) in [5.41, 5.74) is 8.39. The number of nitrogen functional groups attached to an aromatic ring is 1. The van der Waals surface area contributed by atoms with Crippen molar-refractivity contribution in [3.63, 3.8) is 0 Å². The standard InChI is InChI=1S/C21H22N6O3/c1-26(11-3-5-14-7-9-15(10-8-14)20(28)29-2)17-13-18-23-19(16-6-4-12-30-16)25-27(18)21(22)24-17/h4,6-10,12-13H,3,5,11H2,1-2H3,(H2,22,24). The number of aromatic nitrogens is 4. The second-order valence-corrected chi connectivity index (χ2v) is 6.87. The van der Waals surface area contributed by atoms with Crippen LogP contribution >= 0.6 is 0 Å². The number of aryl methyl sites for hydroxylation is 1. The van der Waals surface area contributed by atoms with Crippen molar-refractivity contribution in [1.82, 2.24) is 19.6 Å². The van der Waals surface area contributed by atoms with Gasteiger partial charge < -0.3 is 19.8 Å². The van der Waals surface area contributed by atoms with E-state index in [1.54, 1.807) is 30.5 Å². The number of anilines is 2. The van der Waals surface area contributed by atoms with Crippen molar-refractivity contribution in [2.45, 2.75) is 12.8 Å². The number of rotatable bonds is 7. The Balaban J connectivity index is 1.41. The molecule has 4 aromatic rings. The van der Waals surface area contributed by atoms with Gasteiger partial charge in [-0.2, -0.15) is 9.50 Å². The number of carbonyl (C=O) groups is 1. The summed E-state index contributed by atoms with van der Waals surface area (Å²) in [7, 11) is 3.34. The van der Waals surface area contributed by atoms with E-state index in [2.05, 4.69) is 15.1 Å². The van der Waals surface area contributed by atoms with Crippen LogP contribution in [0.3, 0.4) is 0 Å². The summed E-state index contributed by atoms with van der Waals surface area (Å²) in [6, 6.07) is 12.9. The summed E-state index contributed by atoms with van der Waals surface area (Å²) in [5, 5.41) is 4.36. The molecular formula is C21H22N6O3. The smallest absolute Gasteiger partial charge is 0.337 e. The number of furan rings is 1. The molecule has 0 saturated carbocycles. The maximum atomic E-state index is 11.5. The molecule has 9 heteroatoms. The van der Waals surface area contributed by atoms with E-state index in [0.29, 0.717) is 22.8 Å². The van der Waals surface area contributed by atoms with Gasteiger partial charge in [-0.1, -0.05) is 12.1 Å². The van der Waals surface area contributed by atoms with E-state index in [1.165, 1.54) is 11.6 Å². The fraction of sp³-hybridized carbons (Fsp3) is 0.238. The highest BCUT2D eigenvalue weighted by Gasteiger charge is 2.14. The molecule has 1 aromatic carbocycles. The SMILES string of the molecule is COC(=O)c1ccc(CCCN(C)c2cc3nc(-c4ccco4)nn3c(N)n2)cc1. The number of esters is 1. The van der Waals surface area contributed by atoms with Crippen LogP contribution in [0.1, 0.15) is 22.3 Å². The first-order valence-corrected chi connectivity index (χ1v) is 9.50. The Kier molecular flexibility index (Phi) is 5.34. The van der Waals surface area contributed by atoms with Gasteiger partial charge in [0.2, 0.25) is 11.8 Å². The maximum absolute atomic E-state index is 11.5. The quantitative estimate of drug-likeness (QED) is 0.466. The lowest BCUT2D eigenvalue weighted by atomic mass is 10.1. The van der Waals surface area contributed by atoms with Gasteiger partial charge in [0.25, 0.3) is 0 Å². The van der Waals surface area contributed by atoms with E-state index < -0.39 is 0 Å². The number of ether oxygens (including phenoxy) is 1. The lowest BCUT2D eigenvalue weighted by Gasteiger charge is -2.18. The molecule has 0 atom stereocenters. The van der Waals surface area contributed by atoms with Crippen LogP contribution in [0.2, 0.25) is 0 Å². The Bertz CT molecular complexity index is 1150. The molecule has 0 radical (unpaired) electrons. The summed E-state index contributed by atoms with van der Waals surface area (Å²) in [6.45, 7) is 0.778.